The highest BCUT2D eigenvalue weighted by atomic mass is 19.4. The molecule has 8 heteroatoms. The Morgan fingerprint density at radius 2 is 1.89 bits per heavy atom. The average molecular weight is 406 g/mol. The molecule has 0 unspecified atom stereocenters. The predicted molar refractivity (Wildman–Crippen MR) is 97.3 cm³/mol. The third-order valence-electron chi connectivity index (χ3n) is 4.95. The molecule has 2 atom stereocenters. The van der Waals surface area contributed by atoms with Crippen molar-refractivity contribution in [2.24, 2.45) is 11.3 Å². The van der Waals surface area contributed by atoms with E-state index >= 15 is 0 Å². The molecule has 0 saturated carbocycles. The van der Waals surface area contributed by atoms with Crippen molar-refractivity contribution in [3.8, 4) is 0 Å². The minimum absolute atomic E-state index is 0.00494. The number of halogens is 5. The van der Waals surface area contributed by atoms with Gasteiger partial charge in [0.15, 0.2) is 0 Å². The van der Waals surface area contributed by atoms with E-state index in [1.54, 1.807) is 0 Å². The van der Waals surface area contributed by atoms with Gasteiger partial charge in [-0.2, -0.15) is 13.2 Å². The molecule has 0 bridgehead atoms. The summed E-state index contributed by atoms with van der Waals surface area (Å²) in [6.45, 7) is 8.15. The molecule has 0 aliphatic carbocycles. The zero-order chi connectivity index (χ0) is 21.1. The Morgan fingerprint density at radius 3 is 2.46 bits per heavy atom. The molecular formula is C20H27F5N2O. The quantitative estimate of drug-likeness (QED) is 0.721. The fourth-order valence-corrected chi connectivity index (χ4v) is 3.15. The van der Waals surface area contributed by atoms with Crippen LogP contribution in [-0.4, -0.2) is 43.2 Å². The second-order valence-corrected chi connectivity index (χ2v) is 8.61. The molecule has 1 aromatic rings. The van der Waals surface area contributed by atoms with E-state index in [-0.39, 0.29) is 18.5 Å². The lowest BCUT2D eigenvalue weighted by Crippen LogP contribution is -2.46. The van der Waals surface area contributed by atoms with Gasteiger partial charge in [0.1, 0.15) is 12.0 Å². The number of hydrogen-bond donors (Lipinski definition) is 1. The number of likely N-dealkylation sites (tertiary alicyclic amines) is 1. The highest BCUT2D eigenvalue weighted by Gasteiger charge is 2.33. The predicted octanol–water partition coefficient (Wildman–Crippen LogP) is 4.67. The van der Waals surface area contributed by atoms with Crippen molar-refractivity contribution in [3.05, 3.63) is 35.1 Å². The van der Waals surface area contributed by atoms with Crippen LogP contribution >= 0.6 is 0 Å². The average Bonchev–Trinajstić information content (AvgIpc) is 2.57. The van der Waals surface area contributed by atoms with Gasteiger partial charge >= 0.3 is 6.18 Å². The Labute approximate surface area is 162 Å². The van der Waals surface area contributed by atoms with Gasteiger partial charge in [-0.1, -0.05) is 20.8 Å². The molecule has 28 heavy (non-hydrogen) atoms. The van der Waals surface area contributed by atoms with E-state index in [2.05, 4.69) is 31.0 Å². The van der Waals surface area contributed by atoms with Crippen LogP contribution in [0.1, 0.15) is 49.5 Å². The van der Waals surface area contributed by atoms with Gasteiger partial charge in [-0.25, -0.2) is 8.78 Å². The molecule has 1 N–H and O–H groups in total. The van der Waals surface area contributed by atoms with E-state index in [9.17, 15) is 26.7 Å². The van der Waals surface area contributed by atoms with Gasteiger partial charge in [0.2, 0.25) is 0 Å². The minimum Gasteiger partial charge on any atom is -0.352 e. The summed E-state index contributed by atoms with van der Waals surface area (Å²) < 4.78 is 66.2. The fraction of sp³-hybridized carbons (Fsp3) is 0.650. The SMILES string of the molecule is CC(C)(C)CCN1CC[C@H](CNC(=O)c2cc(F)cc(C(F)(F)F)c2)[C@H](F)C1. The molecule has 0 spiro atoms. The minimum atomic E-state index is -4.75. The molecule has 1 aromatic carbocycles. The summed E-state index contributed by atoms with van der Waals surface area (Å²) in [4.78, 5) is 14.2. The highest BCUT2D eigenvalue weighted by molar-refractivity contribution is 5.94. The van der Waals surface area contributed by atoms with Crippen molar-refractivity contribution in [2.75, 3.05) is 26.2 Å². The Kier molecular flexibility index (Phi) is 7.07. The number of nitrogens with zero attached hydrogens (tertiary/aromatic N) is 1. The van der Waals surface area contributed by atoms with E-state index in [4.69, 9.17) is 0 Å². The second kappa shape index (κ2) is 8.76. The largest absolute Gasteiger partial charge is 0.416 e. The number of carbonyl (C=O) groups is 1. The second-order valence-electron chi connectivity index (χ2n) is 8.61. The molecule has 3 nitrogen and oxygen atoms in total. The van der Waals surface area contributed by atoms with Gasteiger partial charge in [-0.15, -0.1) is 0 Å². The zero-order valence-electron chi connectivity index (χ0n) is 16.4. The van der Waals surface area contributed by atoms with Gasteiger partial charge in [-0.3, -0.25) is 4.79 Å². The lowest BCUT2D eigenvalue weighted by Gasteiger charge is -2.36. The summed E-state index contributed by atoms with van der Waals surface area (Å²) in [6.07, 6.45) is -4.39. The van der Waals surface area contributed by atoms with Crippen LogP contribution in [-0.2, 0) is 6.18 Å². The fourth-order valence-electron chi connectivity index (χ4n) is 3.15. The first kappa shape index (κ1) is 22.6. The first-order chi connectivity index (χ1) is 12.8. The third kappa shape index (κ3) is 6.72. The van der Waals surface area contributed by atoms with Crippen LogP contribution < -0.4 is 5.32 Å². The van der Waals surface area contributed by atoms with Crippen molar-refractivity contribution < 1.29 is 26.7 Å². The molecule has 1 aliphatic rings. The van der Waals surface area contributed by atoms with E-state index in [0.29, 0.717) is 25.1 Å². The number of piperidine rings is 1. The maximum atomic E-state index is 14.5. The zero-order valence-corrected chi connectivity index (χ0v) is 16.4. The summed E-state index contributed by atoms with van der Waals surface area (Å²) in [5.41, 5.74) is -1.49. The molecule has 158 valence electrons. The van der Waals surface area contributed by atoms with Crippen LogP contribution in [0.3, 0.4) is 0 Å². The molecule has 0 aromatic heterocycles. The number of hydrogen-bond acceptors (Lipinski definition) is 2. The highest BCUT2D eigenvalue weighted by Crippen LogP contribution is 2.30. The molecule has 1 amide bonds. The lowest BCUT2D eigenvalue weighted by atomic mass is 9.90. The van der Waals surface area contributed by atoms with Crippen LogP contribution in [0, 0.1) is 17.2 Å². The van der Waals surface area contributed by atoms with Gasteiger partial charge in [-0.05, 0) is 49.5 Å². The molecule has 0 radical (unpaired) electrons. The molecule has 1 heterocycles. The number of rotatable bonds is 5. The number of amides is 1. The van der Waals surface area contributed by atoms with E-state index < -0.39 is 41.1 Å². The summed E-state index contributed by atoms with van der Waals surface area (Å²) in [6, 6.07) is 1.68. The van der Waals surface area contributed by atoms with Crippen LogP contribution in [0.25, 0.3) is 0 Å². The molecule has 1 fully saturated rings. The van der Waals surface area contributed by atoms with Crippen molar-refractivity contribution in [1.29, 1.82) is 0 Å². The van der Waals surface area contributed by atoms with Crippen LogP contribution in [0.2, 0.25) is 0 Å². The van der Waals surface area contributed by atoms with Gasteiger partial charge < -0.3 is 10.2 Å². The topological polar surface area (TPSA) is 32.3 Å². The standard InChI is InChI=1S/C20H27F5N2O/c1-19(2,3)5-7-27-6-4-13(17(22)12-27)11-26-18(28)14-8-15(20(23,24)25)10-16(21)9-14/h8-10,13,17H,4-7,11-12H2,1-3H3,(H,26,28)/t13-,17-/m1/s1. The number of alkyl halides is 4. The van der Waals surface area contributed by atoms with Crippen LogP contribution in [0.15, 0.2) is 18.2 Å². The van der Waals surface area contributed by atoms with Crippen molar-refractivity contribution >= 4 is 5.91 Å². The third-order valence-corrected chi connectivity index (χ3v) is 4.95. The summed E-state index contributed by atoms with van der Waals surface area (Å²) in [7, 11) is 0. The van der Waals surface area contributed by atoms with E-state index in [0.717, 1.165) is 19.0 Å². The monoisotopic (exact) mass is 406 g/mol. The smallest absolute Gasteiger partial charge is 0.352 e. The van der Waals surface area contributed by atoms with Crippen molar-refractivity contribution in [1.82, 2.24) is 10.2 Å². The lowest BCUT2D eigenvalue weighted by molar-refractivity contribution is -0.137. The first-order valence-corrected chi connectivity index (χ1v) is 9.37. The van der Waals surface area contributed by atoms with Crippen molar-refractivity contribution in [3.63, 3.8) is 0 Å². The van der Waals surface area contributed by atoms with Gasteiger partial charge in [0.25, 0.3) is 5.91 Å². The van der Waals surface area contributed by atoms with Gasteiger partial charge in [0, 0.05) is 24.6 Å². The number of benzene rings is 1. The summed E-state index contributed by atoms with van der Waals surface area (Å²) in [5.74, 6) is -2.40. The molecular weight excluding hydrogens is 379 g/mol. The summed E-state index contributed by atoms with van der Waals surface area (Å²) in [5, 5.41) is 2.44. The van der Waals surface area contributed by atoms with Crippen LogP contribution in [0.5, 0.6) is 0 Å². The van der Waals surface area contributed by atoms with Gasteiger partial charge in [0.05, 0.1) is 5.56 Å². The Hall–Kier alpha value is -1.70. The Balaban J connectivity index is 1.89. The van der Waals surface area contributed by atoms with E-state index in [1.165, 1.54) is 0 Å². The normalized spacial score (nSPS) is 21.6. The maximum Gasteiger partial charge on any atom is 0.416 e. The molecule has 2 rings (SSSR count). The van der Waals surface area contributed by atoms with Crippen molar-refractivity contribution in [2.45, 2.75) is 46.0 Å². The molecule has 1 aliphatic heterocycles. The Morgan fingerprint density at radius 1 is 1.21 bits per heavy atom. The summed E-state index contributed by atoms with van der Waals surface area (Å²) >= 11 is 0. The first-order valence-electron chi connectivity index (χ1n) is 9.37. The number of carbonyl (C=O) groups excluding carboxylic acids is 1. The maximum absolute atomic E-state index is 14.5. The molecule has 1 saturated heterocycles. The van der Waals surface area contributed by atoms with E-state index in [1.807, 2.05) is 0 Å². The Bertz CT molecular complexity index is 684. The van der Waals surface area contributed by atoms with Crippen LogP contribution in [0.4, 0.5) is 22.0 Å². The number of nitrogens with one attached hydrogen (secondary N) is 1.